The number of benzene rings is 1. The first-order chi connectivity index (χ1) is 14.8. The smallest absolute Gasteiger partial charge is 0.233 e. The molecule has 1 unspecified atom stereocenters. The zero-order chi connectivity index (χ0) is 22.4. The summed E-state index contributed by atoms with van der Waals surface area (Å²) in [7, 11) is -3.03. The Morgan fingerprint density at radius 2 is 2.03 bits per heavy atom. The van der Waals surface area contributed by atoms with Crippen molar-refractivity contribution < 1.29 is 13.2 Å². The fourth-order valence-electron chi connectivity index (χ4n) is 4.15. The molecule has 172 valence electrons. The van der Waals surface area contributed by atoms with Crippen LogP contribution in [-0.2, 0) is 21.2 Å². The van der Waals surface area contributed by atoms with E-state index in [-0.39, 0.29) is 29.2 Å². The molecule has 1 amide bonds. The van der Waals surface area contributed by atoms with Gasteiger partial charge >= 0.3 is 0 Å². The highest BCUT2D eigenvalue weighted by Gasteiger charge is 2.34. The first kappa shape index (κ1) is 24.1. The van der Waals surface area contributed by atoms with E-state index in [1.807, 2.05) is 18.2 Å². The average molecular weight is 466 g/mol. The summed E-state index contributed by atoms with van der Waals surface area (Å²) in [4.78, 5) is 19.7. The van der Waals surface area contributed by atoms with Crippen LogP contribution in [0.5, 0.6) is 0 Å². The van der Waals surface area contributed by atoms with Crippen LogP contribution in [-0.4, -0.2) is 58.6 Å². The van der Waals surface area contributed by atoms with E-state index in [1.165, 1.54) is 31.0 Å². The minimum absolute atomic E-state index is 0.00499. The fraction of sp³-hybridized carbons (Fsp3) is 0.652. The number of aromatic nitrogens is 2. The van der Waals surface area contributed by atoms with Crippen molar-refractivity contribution in [3.8, 4) is 0 Å². The molecule has 2 aromatic rings. The number of sulfone groups is 1. The first-order valence-corrected chi connectivity index (χ1v) is 14.2. The van der Waals surface area contributed by atoms with Crippen LogP contribution >= 0.6 is 11.8 Å². The number of fused-ring (bicyclic) bond motifs is 1. The molecule has 0 N–H and O–H groups in total. The topological polar surface area (TPSA) is 72.3 Å². The van der Waals surface area contributed by atoms with Gasteiger partial charge in [-0.25, -0.2) is 13.4 Å². The number of unbranched alkanes of at least 4 members (excludes halogenated alkanes) is 3. The van der Waals surface area contributed by atoms with E-state index in [0.717, 1.165) is 29.2 Å². The fourth-order valence-corrected chi connectivity index (χ4v) is 6.81. The number of hydrogen-bond acceptors (Lipinski definition) is 5. The monoisotopic (exact) mass is 465 g/mol. The van der Waals surface area contributed by atoms with Crippen molar-refractivity contribution in [2.75, 3.05) is 23.8 Å². The predicted octanol–water partition coefficient (Wildman–Crippen LogP) is 4.38. The summed E-state index contributed by atoms with van der Waals surface area (Å²) in [5.41, 5.74) is 2.06. The van der Waals surface area contributed by atoms with Crippen LogP contribution in [0.3, 0.4) is 0 Å². The average Bonchev–Trinajstić information content (AvgIpc) is 3.27. The molecular weight excluding hydrogens is 430 g/mol. The van der Waals surface area contributed by atoms with E-state index in [0.29, 0.717) is 18.9 Å². The van der Waals surface area contributed by atoms with Gasteiger partial charge in [0, 0.05) is 19.1 Å². The second-order valence-corrected chi connectivity index (χ2v) is 12.1. The van der Waals surface area contributed by atoms with Gasteiger partial charge in [0.2, 0.25) is 5.91 Å². The molecule has 31 heavy (non-hydrogen) atoms. The van der Waals surface area contributed by atoms with Gasteiger partial charge in [0.1, 0.15) is 0 Å². The van der Waals surface area contributed by atoms with Crippen molar-refractivity contribution in [2.45, 2.75) is 70.6 Å². The number of amides is 1. The number of carbonyl (C=O) groups is 1. The molecule has 0 spiro atoms. The van der Waals surface area contributed by atoms with Crippen molar-refractivity contribution in [3.63, 3.8) is 0 Å². The number of aryl methyl sites for hydroxylation is 1. The number of imidazole rings is 1. The lowest BCUT2D eigenvalue weighted by atomic mass is 10.1. The van der Waals surface area contributed by atoms with Gasteiger partial charge < -0.3 is 9.47 Å². The molecule has 1 atom stereocenters. The maximum Gasteiger partial charge on any atom is 0.233 e. The van der Waals surface area contributed by atoms with E-state index in [4.69, 9.17) is 4.98 Å². The van der Waals surface area contributed by atoms with Crippen LogP contribution in [0.1, 0.15) is 52.9 Å². The van der Waals surface area contributed by atoms with Gasteiger partial charge in [-0.1, -0.05) is 63.9 Å². The molecule has 0 saturated carbocycles. The second kappa shape index (κ2) is 10.9. The zero-order valence-electron chi connectivity index (χ0n) is 18.9. The van der Waals surface area contributed by atoms with E-state index in [2.05, 4.69) is 31.4 Å². The molecule has 2 heterocycles. The minimum atomic E-state index is -3.03. The summed E-state index contributed by atoms with van der Waals surface area (Å²) in [5.74, 6) is 0.846. The van der Waals surface area contributed by atoms with Crippen molar-refractivity contribution in [1.82, 2.24) is 14.5 Å². The third-order valence-corrected chi connectivity index (χ3v) is 8.42. The van der Waals surface area contributed by atoms with Gasteiger partial charge in [0.15, 0.2) is 15.0 Å². The molecule has 1 aromatic carbocycles. The Morgan fingerprint density at radius 1 is 1.26 bits per heavy atom. The van der Waals surface area contributed by atoms with E-state index in [9.17, 15) is 13.2 Å². The minimum Gasteiger partial charge on any atom is -0.338 e. The highest BCUT2D eigenvalue weighted by molar-refractivity contribution is 7.99. The lowest BCUT2D eigenvalue weighted by Crippen LogP contribution is -2.44. The Morgan fingerprint density at radius 3 is 2.71 bits per heavy atom. The molecule has 1 saturated heterocycles. The van der Waals surface area contributed by atoms with E-state index in [1.54, 1.807) is 4.90 Å². The maximum absolute atomic E-state index is 13.1. The van der Waals surface area contributed by atoms with Gasteiger partial charge in [-0.3, -0.25) is 4.79 Å². The summed E-state index contributed by atoms with van der Waals surface area (Å²) in [6.07, 6.45) is 5.24. The Hall–Kier alpha value is -1.54. The van der Waals surface area contributed by atoms with Crippen LogP contribution in [0.2, 0.25) is 0 Å². The molecule has 3 rings (SSSR count). The summed E-state index contributed by atoms with van der Waals surface area (Å²) < 4.78 is 26.2. The number of thioether (sulfide) groups is 1. The Balaban J connectivity index is 1.72. The predicted molar refractivity (Wildman–Crippen MR) is 128 cm³/mol. The maximum atomic E-state index is 13.1. The summed E-state index contributed by atoms with van der Waals surface area (Å²) in [5, 5.41) is 0.870. The third-order valence-electron chi connectivity index (χ3n) is 5.71. The Labute approximate surface area is 190 Å². The molecular formula is C23H35N3O3S2. The highest BCUT2D eigenvalue weighted by Crippen LogP contribution is 2.26. The van der Waals surface area contributed by atoms with Gasteiger partial charge in [0.05, 0.1) is 28.3 Å². The van der Waals surface area contributed by atoms with Crippen LogP contribution in [0.25, 0.3) is 11.0 Å². The summed E-state index contributed by atoms with van der Waals surface area (Å²) >= 11 is 1.47. The molecule has 6 nitrogen and oxygen atoms in total. The number of para-hydroxylation sites is 2. The molecule has 1 aliphatic rings. The van der Waals surface area contributed by atoms with Crippen molar-refractivity contribution >= 4 is 38.5 Å². The lowest BCUT2D eigenvalue weighted by molar-refractivity contribution is -0.130. The van der Waals surface area contributed by atoms with Gasteiger partial charge in [-0.2, -0.15) is 0 Å². The number of nitrogens with zero attached hydrogens (tertiary/aromatic N) is 3. The molecule has 1 aromatic heterocycles. The van der Waals surface area contributed by atoms with Gasteiger partial charge in [-0.05, 0) is 30.9 Å². The Bertz CT molecular complexity index is 985. The standard InChI is InChI=1S/C23H35N3O3S2/c1-4-5-6-9-13-25-21-11-8-7-10-20(21)24-23(25)30-16-22(27)26(15-18(2)3)19-12-14-31(28,29)17-19/h7-8,10-11,18-19H,4-6,9,12-17H2,1-3H3. The largest absolute Gasteiger partial charge is 0.338 e. The molecule has 0 bridgehead atoms. The van der Waals surface area contributed by atoms with Gasteiger partial charge in [0.25, 0.3) is 0 Å². The molecule has 1 aliphatic heterocycles. The van der Waals surface area contributed by atoms with E-state index < -0.39 is 9.84 Å². The lowest BCUT2D eigenvalue weighted by Gasteiger charge is -2.30. The van der Waals surface area contributed by atoms with E-state index >= 15 is 0 Å². The summed E-state index contributed by atoms with van der Waals surface area (Å²) in [6.45, 7) is 7.82. The normalized spacial score (nSPS) is 18.1. The van der Waals surface area contributed by atoms with Crippen LogP contribution in [0.4, 0.5) is 0 Å². The molecule has 1 fully saturated rings. The van der Waals surface area contributed by atoms with Gasteiger partial charge in [-0.15, -0.1) is 0 Å². The van der Waals surface area contributed by atoms with Crippen LogP contribution in [0, 0.1) is 5.92 Å². The Kier molecular flexibility index (Phi) is 8.44. The zero-order valence-corrected chi connectivity index (χ0v) is 20.6. The second-order valence-electron chi connectivity index (χ2n) is 8.88. The molecule has 0 aliphatic carbocycles. The van der Waals surface area contributed by atoms with Crippen molar-refractivity contribution in [1.29, 1.82) is 0 Å². The SMILES string of the molecule is CCCCCCn1c(SCC(=O)N(CC(C)C)C2CCS(=O)(=O)C2)nc2ccccc21. The number of carbonyl (C=O) groups excluding carboxylic acids is 1. The number of rotatable bonds is 11. The molecule has 8 heteroatoms. The third kappa shape index (κ3) is 6.48. The first-order valence-electron chi connectivity index (χ1n) is 11.4. The van der Waals surface area contributed by atoms with Crippen molar-refractivity contribution in [3.05, 3.63) is 24.3 Å². The van der Waals surface area contributed by atoms with Crippen LogP contribution in [0.15, 0.2) is 29.4 Å². The highest BCUT2D eigenvalue weighted by atomic mass is 32.2. The number of hydrogen-bond donors (Lipinski definition) is 0. The molecule has 0 radical (unpaired) electrons. The summed E-state index contributed by atoms with van der Waals surface area (Å²) in [6, 6.07) is 7.91. The van der Waals surface area contributed by atoms with Crippen LogP contribution < -0.4 is 0 Å². The quantitative estimate of drug-likeness (QED) is 0.364. The van der Waals surface area contributed by atoms with Crippen molar-refractivity contribution in [2.24, 2.45) is 5.92 Å².